The summed E-state index contributed by atoms with van der Waals surface area (Å²) >= 11 is 2.93. The van der Waals surface area contributed by atoms with Crippen LogP contribution in [-0.2, 0) is 9.84 Å². The Bertz CT molecular complexity index is 763. The summed E-state index contributed by atoms with van der Waals surface area (Å²) in [5.74, 6) is -0.0380. The van der Waals surface area contributed by atoms with Gasteiger partial charge in [-0.05, 0) is 24.8 Å². The zero-order chi connectivity index (χ0) is 15.0. The predicted octanol–water partition coefficient (Wildman–Crippen LogP) is 2.10. The van der Waals surface area contributed by atoms with E-state index in [1.54, 1.807) is 18.3 Å². The van der Waals surface area contributed by atoms with Gasteiger partial charge in [-0.25, -0.2) is 13.4 Å². The van der Waals surface area contributed by atoms with Crippen LogP contribution in [0.25, 0.3) is 9.88 Å². The normalized spacial score (nSPS) is 20.5. The average Bonchev–Trinajstić information content (AvgIpc) is 3.09. The van der Waals surface area contributed by atoms with Crippen molar-refractivity contribution in [2.75, 3.05) is 11.5 Å². The summed E-state index contributed by atoms with van der Waals surface area (Å²) in [4.78, 5) is 18.3. The van der Waals surface area contributed by atoms with Gasteiger partial charge in [-0.15, -0.1) is 22.7 Å². The summed E-state index contributed by atoms with van der Waals surface area (Å²) in [6.07, 6.45) is 0.490. The van der Waals surface area contributed by atoms with Crippen molar-refractivity contribution in [3.05, 3.63) is 28.1 Å². The monoisotopic (exact) mass is 342 g/mol. The van der Waals surface area contributed by atoms with E-state index in [9.17, 15) is 13.2 Å². The Balaban J connectivity index is 1.76. The van der Waals surface area contributed by atoms with Gasteiger partial charge in [-0.1, -0.05) is 6.07 Å². The Hall–Kier alpha value is -1.25. The summed E-state index contributed by atoms with van der Waals surface area (Å²) in [6, 6.07) is 3.63. The van der Waals surface area contributed by atoms with Gasteiger partial charge in [0.15, 0.2) is 9.84 Å². The summed E-state index contributed by atoms with van der Waals surface area (Å²) < 4.78 is 22.9. The summed E-state index contributed by atoms with van der Waals surface area (Å²) in [5.41, 5.74) is 0.682. The minimum absolute atomic E-state index is 0.0361. The minimum Gasteiger partial charge on any atom is -0.347 e. The van der Waals surface area contributed by atoms with E-state index in [0.29, 0.717) is 17.0 Å². The first-order valence-electron chi connectivity index (χ1n) is 6.47. The zero-order valence-electron chi connectivity index (χ0n) is 11.3. The van der Waals surface area contributed by atoms with E-state index in [2.05, 4.69) is 10.3 Å². The van der Waals surface area contributed by atoms with Gasteiger partial charge in [0.05, 0.1) is 22.1 Å². The molecule has 0 aromatic carbocycles. The van der Waals surface area contributed by atoms with Crippen molar-refractivity contribution in [2.24, 2.45) is 0 Å². The Kier molecular flexibility index (Phi) is 3.85. The molecule has 3 heterocycles. The molecule has 0 aliphatic carbocycles. The van der Waals surface area contributed by atoms with E-state index < -0.39 is 9.84 Å². The number of carbonyl (C=O) groups is 1. The molecule has 1 aliphatic rings. The lowest BCUT2D eigenvalue weighted by atomic mass is 10.2. The standard InChI is InChI=1S/C13H14N2O3S3/c1-8-11(20-13(14-8)10-3-2-5-19-10)12(16)15-9-4-6-21(17,18)7-9/h2-3,5,9H,4,6-7H2,1H3,(H,15,16). The first-order chi connectivity index (χ1) is 9.94. The number of rotatable bonds is 3. The number of thiazole rings is 1. The van der Waals surface area contributed by atoms with Crippen LogP contribution < -0.4 is 5.32 Å². The number of aryl methyl sites for hydroxylation is 1. The summed E-state index contributed by atoms with van der Waals surface area (Å²) in [6.45, 7) is 1.80. The lowest BCUT2D eigenvalue weighted by Crippen LogP contribution is -2.35. The van der Waals surface area contributed by atoms with Crippen molar-refractivity contribution in [1.82, 2.24) is 10.3 Å². The quantitative estimate of drug-likeness (QED) is 0.927. The second kappa shape index (κ2) is 5.51. The van der Waals surface area contributed by atoms with Gasteiger partial charge >= 0.3 is 0 Å². The van der Waals surface area contributed by atoms with Crippen LogP contribution in [0.1, 0.15) is 21.8 Å². The number of sulfone groups is 1. The Morgan fingerprint density at radius 3 is 2.90 bits per heavy atom. The Morgan fingerprint density at radius 2 is 2.29 bits per heavy atom. The first kappa shape index (κ1) is 14.7. The zero-order valence-corrected chi connectivity index (χ0v) is 13.8. The van der Waals surface area contributed by atoms with E-state index in [1.807, 2.05) is 17.5 Å². The number of carbonyl (C=O) groups excluding carboxylic acids is 1. The number of hydrogen-bond acceptors (Lipinski definition) is 6. The van der Waals surface area contributed by atoms with Crippen LogP contribution in [0.3, 0.4) is 0 Å². The second-order valence-corrected chi connectivity index (χ2v) is 9.16. The molecule has 1 unspecified atom stereocenters. The van der Waals surface area contributed by atoms with Gasteiger partial charge in [0.2, 0.25) is 0 Å². The van der Waals surface area contributed by atoms with E-state index in [4.69, 9.17) is 0 Å². The van der Waals surface area contributed by atoms with E-state index in [0.717, 1.165) is 9.88 Å². The molecule has 0 spiro atoms. The predicted molar refractivity (Wildman–Crippen MR) is 84.7 cm³/mol. The summed E-state index contributed by atoms with van der Waals surface area (Å²) in [5, 5.41) is 5.60. The molecule has 0 bridgehead atoms. The molecule has 1 fully saturated rings. The molecule has 3 rings (SSSR count). The van der Waals surface area contributed by atoms with Crippen LogP contribution in [0.4, 0.5) is 0 Å². The SMILES string of the molecule is Cc1nc(-c2cccs2)sc1C(=O)NC1CCS(=O)(=O)C1. The third-order valence-electron chi connectivity index (χ3n) is 3.30. The van der Waals surface area contributed by atoms with Gasteiger partial charge in [-0.2, -0.15) is 0 Å². The molecule has 8 heteroatoms. The molecule has 1 N–H and O–H groups in total. The van der Waals surface area contributed by atoms with Crippen LogP contribution >= 0.6 is 22.7 Å². The smallest absolute Gasteiger partial charge is 0.263 e. The number of hydrogen-bond donors (Lipinski definition) is 1. The van der Waals surface area contributed by atoms with Crippen LogP contribution in [0.2, 0.25) is 0 Å². The van der Waals surface area contributed by atoms with Crippen molar-refractivity contribution in [2.45, 2.75) is 19.4 Å². The number of thiophene rings is 1. The van der Waals surface area contributed by atoms with E-state index in [1.165, 1.54) is 11.3 Å². The molecule has 2 aromatic rings. The number of nitrogens with zero attached hydrogens (tertiary/aromatic N) is 1. The van der Waals surface area contributed by atoms with Gasteiger partial charge < -0.3 is 5.32 Å². The van der Waals surface area contributed by atoms with Crippen molar-refractivity contribution < 1.29 is 13.2 Å². The van der Waals surface area contributed by atoms with Crippen molar-refractivity contribution >= 4 is 38.4 Å². The first-order valence-corrected chi connectivity index (χ1v) is 9.99. The molecule has 1 aliphatic heterocycles. The molecule has 112 valence electrons. The highest BCUT2D eigenvalue weighted by Crippen LogP contribution is 2.31. The van der Waals surface area contributed by atoms with Gasteiger partial charge in [0, 0.05) is 6.04 Å². The van der Waals surface area contributed by atoms with Crippen molar-refractivity contribution in [1.29, 1.82) is 0 Å². The fourth-order valence-corrected chi connectivity index (χ4v) is 5.71. The maximum atomic E-state index is 12.3. The highest BCUT2D eigenvalue weighted by Gasteiger charge is 2.30. The van der Waals surface area contributed by atoms with Crippen LogP contribution in [0.15, 0.2) is 17.5 Å². The highest BCUT2D eigenvalue weighted by molar-refractivity contribution is 7.91. The van der Waals surface area contributed by atoms with Crippen LogP contribution in [0, 0.1) is 6.92 Å². The molecular formula is C13H14N2O3S3. The van der Waals surface area contributed by atoms with E-state index in [-0.39, 0.29) is 23.5 Å². The second-order valence-electron chi connectivity index (χ2n) is 4.98. The number of aromatic nitrogens is 1. The molecule has 1 saturated heterocycles. The summed E-state index contributed by atoms with van der Waals surface area (Å²) in [7, 11) is -2.99. The van der Waals surface area contributed by atoms with E-state index >= 15 is 0 Å². The fourth-order valence-electron chi connectivity index (χ4n) is 2.27. The third kappa shape index (κ3) is 3.17. The fraction of sp³-hybridized carbons (Fsp3) is 0.385. The number of nitrogens with one attached hydrogen (secondary N) is 1. The van der Waals surface area contributed by atoms with Gasteiger partial charge in [0.25, 0.3) is 5.91 Å². The lowest BCUT2D eigenvalue weighted by molar-refractivity contribution is 0.0944. The van der Waals surface area contributed by atoms with Crippen molar-refractivity contribution in [3.8, 4) is 9.88 Å². The largest absolute Gasteiger partial charge is 0.347 e. The molecular weight excluding hydrogens is 328 g/mol. The topological polar surface area (TPSA) is 76.1 Å². The van der Waals surface area contributed by atoms with Gasteiger partial charge in [-0.3, -0.25) is 4.79 Å². The molecule has 0 radical (unpaired) electrons. The highest BCUT2D eigenvalue weighted by atomic mass is 32.2. The van der Waals surface area contributed by atoms with Crippen molar-refractivity contribution in [3.63, 3.8) is 0 Å². The van der Waals surface area contributed by atoms with Gasteiger partial charge in [0.1, 0.15) is 9.88 Å². The molecule has 0 saturated carbocycles. The number of amides is 1. The minimum atomic E-state index is -2.99. The molecule has 2 aromatic heterocycles. The lowest BCUT2D eigenvalue weighted by Gasteiger charge is -2.09. The van der Waals surface area contributed by atoms with Crippen LogP contribution in [0.5, 0.6) is 0 Å². The Labute approximate surface area is 131 Å². The van der Waals surface area contributed by atoms with Crippen LogP contribution in [-0.4, -0.2) is 36.9 Å². The molecule has 21 heavy (non-hydrogen) atoms. The molecule has 5 nitrogen and oxygen atoms in total. The average molecular weight is 342 g/mol. The molecule has 1 atom stereocenters. The maximum absolute atomic E-state index is 12.3. The third-order valence-corrected chi connectivity index (χ3v) is 7.27. The maximum Gasteiger partial charge on any atom is 0.263 e. The Morgan fingerprint density at radius 1 is 1.48 bits per heavy atom. The molecule has 1 amide bonds.